The highest BCUT2D eigenvalue weighted by atomic mass is 16.3. The van der Waals surface area contributed by atoms with E-state index in [2.05, 4.69) is 15.3 Å². The van der Waals surface area contributed by atoms with Gasteiger partial charge in [0.15, 0.2) is 0 Å². The summed E-state index contributed by atoms with van der Waals surface area (Å²) in [5.74, 6) is 0.111. The first-order valence-corrected chi connectivity index (χ1v) is 6.34. The molecule has 0 aromatic carbocycles. The molecule has 1 amide bonds. The number of amides is 1. The van der Waals surface area contributed by atoms with Crippen molar-refractivity contribution < 1.29 is 9.90 Å². The van der Waals surface area contributed by atoms with Crippen LogP contribution in [0.25, 0.3) is 0 Å². The van der Waals surface area contributed by atoms with Crippen LogP contribution in [0.5, 0.6) is 0 Å². The molecular formula is C12H19N5O2. The number of hydrogen-bond donors (Lipinski definition) is 4. The molecule has 0 spiro atoms. The van der Waals surface area contributed by atoms with Gasteiger partial charge in [-0.1, -0.05) is 6.92 Å². The van der Waals surface area contributed by atoms with Crippen molar-refractivity contribution in [3.05, 3.63) is 11.8 Å². The van der Waals surface area contributed by atoms with E-state index in [-0.39, 0.29) is 23.7 Å². The molecule has 19 heavy (non-hydrogen) atoms. The van der Waals surface area contributed by atoms with E-state index in [9.17, 15) is 9.90 Å². The Bertz CT molecular complexity index is 479. The Morgan fingerprint density at radius 1 is 1.53 bits per heavy atom. The molecule has 7 heteroatoms. The van der Waals surface area contributed by atoms with Crippen LogP contribution in [0.15, 0.2) is 6.20 Å². The molecule has 0 unspecified atom stereocenters. The number of carbonyl (C=O) groups excluding carboxylic acids is 1. The Morgan fingerprint density at radius 3 is 2.89 bits per heavy atom. The van der Waals surface area contributed by atoms with Gasteiger partial charge in [0, 0.05) is 12.2 Å². The van der Waals surface area contributed by atoms with Gasteiger partial charge in [-0.05, 0) is 25.2 Å². The van der Waals surface area contributed by atoms with Gasteiger partial charge in [0.25, 0.3) is 5.91 Å². The minimum Gasteiger partial charge on any atom is -0.393 e. The Morgan fingerprint density at radius 2 is 2.26 bits per heavy atom. The van der Waals surface area contributed by atoms with Gasteiger partial charge < -0.3 is 21.9 Å². The maximum atomic E-state index is 11.3. The summed E-state index contributed by atoms with van der Waals surface area (Å²) in [6, 6.07) is 0.0543. The predicted molar refractivity (Wildman–Crippen MR) is 71.4 cm³/mol. The summed E-state index contributed by atoms with van der Waals surface area (Å²) < 4.78 is 0. The highest BCUT2D eigenvalue weighted by Crippen LogP contribution is 2.27. The lowest BCUT2D eigenvalue weighted by atomic mass is 9.85. The smallest absolute Gasteiger partial charge is 0.254 e. The first-order valence-electron chi connectivity index (χ1n) is 6.34. The number of anilines is 2. The summed E-state index contributed by atoms with van der Waals surface area (Å²) >= 11 is 0. The summed E-state index contributed by atoms with van der Waals surface area (Å²) in [5.41, 5.74) is 11.0. The lowest BCUT2D eigenvalue weighted by molar-refractivity contribution is 0.0739. The number of aromatic nitrogens is 2. The molecule has 1 fully saturated rings. The van der Waals surface area contributed by atoms with Gasteiger partial charge in [-0.2, -0.15) is 4.98 Å². The van der Waals surface area contributed by atoms with Gasteiger partial charge in [0.1, 0.15) is 5.82 Å². The molecule has 1 aromatic rings. The van der Waals surface area contributed by atoms with E-state index >= 15 is 0 Å². The summed E-state index contributed by atoms with van der Waals surface area (Å²) in [7, 11) is 0. The molecule has 1 aliphatic carbocycles. The van der Waals surface area contributed by atoms with Crippen molar-refractivity contribution in [2.75, 3.05) is 11.1 Å². The molecule has 3 atom stereocenters. The first kappa shape index (κ1) is 13.5. The number of nitrogens with two attached hydrogens (primary N) is 2. The van der Waals surface area contributed by atoms with Gasteiger partial charge >= 0.3 is 0 Å². The molecule has 1 aromatic heterocycles. The molecule has 7 nitrogen and oxygen atoms in total. The number of aliphatic hydroxyl groups excluding tert-OH is 1. The second kappa shape index (κ2) is 5.40. The number of nitrogen functional groups attached to an aromatic ring is 1. The van der Waals surface area contributed by atoms with E-state index in [1.165, 1.54) is 6.20 Å². The molecule has 2 rings (SSSR count). The highest BCUT2D eigenvalue weighted by molar-refractivity contribution is 5.97. The maximum absolute atomic E-state index is 11.3. The third-order valence-corrected chi connectivity index (χ3v) is 3.57. The highest BCUT2D eigenvalue weighted by Gasteiger charge is 2.27. The lowest BCUT2D eigenvalue weighted by Gasteiger charge is -2.32. The van der Waals surface area contributed by atoms with Crippen molar-refractivity contribution in [3.63, 3.8) is 0 Å². The van der Waals surface area contributed by atoms with Crippen LogP contribution in [-0.2, 0) is 0 Å². The van der Waals surface area contributed by atoms with Crippen LogP contribution < -0.4 is 16.8 Å². The third kappa shape index (κ3) is 3.11. The molecule has 0 bridgehead atoms. The normalized spacial score (nSPS) is 26.9. The quantitative estimate of drug-likeness (QED) is 0.614. The van der Waals surface area contributed by atoms with Crippen molar-refractivity contribution in [3.8, 4) is 0 Å². The fraction of sp³-hybridized carbons (Fsp3) is 0.583. The fourth-order valence-electron chi connectivity index (χ4n) is 2.31. The Balaban J connectivity index is 2.14. The number of rotatable bonds is 3. The zero-order valence-electron chi connectivity index (χ0n) is 10.8. The molecular weight excluding hydrogens is 246 g/mol. The van der Waals surface area contributed by atoms with E-state index < -0.39 is 5.91 Å². The van der Waals surface area contributed by atoms with Crippen molar-refractivity contribution in [2.24, 2.45) is 11.7 Å². The average Bonchev–Trinajstić information content (AvgIpc) is 2.33. The standard InChI is InChI=1S/C12H19N5O2/c1-6-2-3-7(4-9(6)18)16-11-8(10(13)19)5-15-12(14)17-11/h5-7,9,18H,2-4H2,1H3,(H2,13,19)(H3,14,15,16,17)/t6-,7+,9-/m0/s1. The molecule has 0 aliphatic heterocycles. The van der Waals surface area contributed by atoms with Crippen LogP contribution in [0.4, 0.5) is 11.8 Å². The van der Waals surface area contributed by atoms with Gasteiger partial charge in [-0.3, -0.25) is 4.79 Å². The summed E-state index contributed by atoms with van der Waals surface area (Å²) in [5, 5.41) is 13.0. The summed E-state index contributed by atoms with van der Waals surface area (Å²) in [6.45, 7) is 2.03. The summed E-state index contributed by atoms with van der Waals surface area (Å²) in [6.07, 6.45) is 3.41. The van der Waals surface area contributed by atoms with E-state index in [4.69, 9.17) is 11.5 Å². The number of nitrogens with zero attached hydrogens (tertiary/aromatic N) is 2. The monoisotopic (exact) mass is 265 g/mol. The number of aliphatic hydroxyl groups is 1. The topological polar surface area (TPSA) is 127 Å². The van der Waals surface area contributed by atoms with Crippen LogP contribution >= 0.6 is 0 Å². The van der Waals surface area contributed by atoms with E-state index in [0.29, 0.717) is 18.2 Å². The largest absolute Gasteiger partial charge is 0.393 e. The number of carbonyl (C=O) groups is 1. The SMILES string of the molecule is C[C@H]1CC[C@@H](Nc2nc(N)ncc2C(N)=O)C[C@@H]1O. The molecule has 6 N–H and O–H groups in total. The minimum absolute atomic E-state index is 0.0543. The van der Waals surface area contributed by atoms with Crippen LogP contribution in [0.3, 0.4) is 0 Å². The van der Waals surface area contributed by atoms with Crippen molar-refractivity contribution in [2.45, 2.75) is 38.3 Å². The van der Waals surface area contributed by atoms with Crippen LogP contribution in [-0.4, -0.2) is 33.1 Å². The molecule has 104 valence electrons. The molecule has 1 saturated carbocycles. The second-order valence-corrected chi connectivity index (χ2v) is 5.05. The van der Waals surface area contributed by atoms with Gasteiger partial charge in [-0.15, -0.1) is 0 Å². The van der Waals surface area contributed by atoms with Crippen molar-refractivity contribution in [1.29, 1.82) is 0 Å². The molecule has 1 aliphatic rings. The van der Waals surface area contributed by atoms with Crippen LogP contribution in [0.1, 0.15) is 36.5 Å². The molecule has 1 heterocycles. The third-order valence-electron chi connectivity index (χ3n) is 3.57. The first-order chi connectivity index (χ1) is 8.97. The van der Waals surface area contributed by atoms with Gasteiger partial charge in [-0.25, -0.2) is 4.98 Å². The maximum Gasteiger partial charge on any atom is 0.254 e. The average molecular weight is 265 g/mol. The second-order valence-electron chi connectivity index (χ2n) is 5.05. The lowest BCUT2D eigenvalue weighted by Crippen LogP contribution is -2.35. The van der Waals surface area contributed by atoms with E-state index in [1.54, 1.807) is 0 Å². The molecule has 0 saturated heterocycles. The van der Waals surface area contributed by atoms with Crippen LogP contribution in [0, 0.1) is 5.92 Å². The number of primary amides is 1. The predicted octanol–water partition coefficient (Wildman–Crippen LogP) is 0.119. The number of hydrogen-bond acceptors (Lipinski definition) is 6. The molecule has 0 radical (unpaired) electrons. The minimum atomic E-state index is -0.604. The zero-order valence-corrected chi connectivity index (χ0v) is 10.8. The van der Waals surface area contributed by atoms with Crippen LogP contribution in [0.2, 0.25) is 0 Å². The Labute approximate surface area is 111 Å². The Hall–Kier alpha value is -1.89. The zero-order chi connectivity index (χ0) is 14.0. The summed E-state index contributed by atoms with van der Waals surface area (Å²) in [4.78, 5) is 19.1. The van der Waals surface area contributed by atoms with E-state index in [1.807, 2.05) is 6.92 Å². The number of nitrogens with one attached hydrogen (secondary N) is 1. The Kier molecular flexibility index (Phi) is 3.84. The van der Waals surface area contributed by atoms with Gasteiger partial charge in [0.2, 0.25) is 5.95 Å². The van der Waals surface area contributed by atoms with E-state index in [0.717, 1.165) is 12.8 Å². The van der Waals surface area contributed by atoms with Gasteiger partial charge in [0.05, 0.1) is 11.7 Å². The fourth-order valence-corrected chi connectivity index (χ4v) is 2.31. The van der Waals surface area contributed by atoms with Crippen molar-refractivity contribution in [1.82, 2.24) is 9.97 Å². The van der Waals surface area contributed by atoms with Crippen molar-refractivity contribution >= 4 is 17.7 Å².